The Kier molecular flexibility index (Phi) is 5.04. The first-order valence-electron chi connectivity index (χ1n) is 8.71. The Morgan fingerprint density at radius 2 is 1.82 bits per heavy atom. The summed E-state index contributed by atoms with van der Waals surface area (Å²) in [5, 5.41) is 0.552. The Morgan fingerprint density at radius 1 is 1.00 bits per heavy atom. The van der Waals surface area contributed by atoms with Gasteiger partial charge in [-0.2, -0.15) is 0 Å². The van der Waals surface area contributed by atoms with E-state index >= 15 is 0 Å². The third-order valence-electron chi connectivity index (χ3n) is 4.19. The second-order valence-electron chi connectivity index (χ2n) is 6.17. The fourth-order valence-electron chi connectivity index (χ4n) is 2.83. The molecule has 142 valence electrons. The highest BCUT2D eigenvalue weighted by Gasteiger charge is 2.17. The fraction of sp³-hybridized carbons (Fsp3) is 0.143. The van der Waals surface area contributed by atoms with E-state index in [0.717, 1.165) is 12.0 Å². The van der Waals surface area contributed by atoms with Crippen molar-refractivity contribution in [1.29, 1.82) is 0 Å². The molecule has 0 bridgehead atoms. The van der Waals surface area contributed by atoms with Crippen LogP contribution in [0.1, 0.15) is 16.8 Å². The molecule has 1 aliphatic rings. The van der Waals surface area contributed by atoms with Crippen molar-refractivity contribution in [2.75, 3.05) is 13.2 Å². The van der Waals surface area contributed by atoms with Gasteiger partial charge >= 0.3 is 5.97 Å². The van der Waals surface area contributed by atoms with Crippen LogP contribution >= 0.6 is 11.6 Å². The van der Waals surface area contributed by atoms with Gasteiger partial charge in [0.25, 0.3) is 5.56 Å². The second-order valence-corrected chi connectivity index (χ2v) is 6.61. The van der Waals surface area contributed by atoms with Gasteiger partial charge in [-0.1, -0.05) is 23.7 Å². The number of esters is 1. The van der Waals surface area contributed by atoms with Crippen molar-refractivity contribution >= 4 is 17.6 Å². The number of carbonyl (C=O) groups excluding carboxylic acids is 1. The van der Waals surface area contributed by atoms with Crippen molar-refractivity contribution in [3.8, 4) is 28.5 Å². The number of hydrogen-bond acceptors (Lipinski definition) is 5. The van der Waals surface area contributed by atoms with E-state index in [4.69, 9.17) is 25.8 Å². The van der Waals surface area contributed by atoms with Gasteiger partial charge in [-0.25, -0.2) is 4.79 Å². The van der Waals surface area contributed by atoms with Gasteiger partial charge in [0.15, 0.2) is 11.5 Å². The van der Waals surface area contributed by atoms with Gasteiger partial charge in [0.05, 0.1) is 13.2 Å². The molecule has 0 atom stereocenters. The zero-order valence-electron chi connectivity index (χ0n) is 14.7. The summed E-state index contributed by atoms with van der Waals surface area (Å²) in [6.07, 6.45) is 0.776. The molecule has 4 rings (SSSR count). The summed E-state index contributed by atoms with van der Waals surface area (Å²) in [6, 6.07) is 15.0. The highest BCUT2D eigenvalue weighted by Crippen LogP contribution is 2.33. The maximum Gasteiger partial charge on any atom is 0.349 e. The van der Waals surface area contributed by atoms with Crippen LogP contribution in [0.3, 0.4) is 0 Å². The number of halogens is 1. The van der Waals surface area contributed by atoms with Gasteiger partial charge in [-0.05, 0) is 42.0 Å². The van der Waals surface area contributed by atoms with E-state index in [1.54, 1.807) is 42.5 Å². The van der Waals surface area contributed by atoms with Crippen LogP contribution in [0.5, 0.6) is 17.2 Å². The Bertz CT molecular complexity index is 1090. The van der Waals surface area contributed by atoms with Crippen molar-refractivity contribution < 1.29 is 19.0 Å². The number of fused-ring (bicyclic) bond motifs is 1. The van der Waals surface area contributed by atoms with Gasteiger partial charge in [0.1, 0.15) is 11.3 Å². The lowest BCUT2D eigenvalue weighted by Crippen LogP contribution is -2.21. The van der Waals surface area contributed by atoms with E-state index in [9.17, 15) is 9.59 Å². The Balaban J connectivity index is 1.55. The molecular formula is C21H16ClNO5. The summed E-state index contributed by atoms with van der Waals surface area (Å²) in [5.74, 6) is 0.620. The van der Waals surface area contributed by atoms with Gasteiger partial charge in [0.2, 0.25) is 0 Å². The maximum absolute atomic E-state index is 12.4. The minimum atomic E-state index is -0.756. The van der Waals surface area contributed by atoms with Crippen molar-refractivity contribution in [3.63, 3.8) is 0 Å². The molecule has 0 saturated carbocycles. The zero-order valence-corrected chi connectivity index (χ0v) is 15.5. The highest BCUT2D eigenvalue weighted by molar-refractivity contribution is 6.30. The normalized spacial score (nSPS) is 12.9. The van der Waals surface area contributed by atoms with E-state index in [1.807, 2.05) is 6.07 Å². The molecule has 0 fully saturated rings. The van der Waals surface area contributed by atoms with Crippen molar-refractivity contribution in [3.05, 3.63) is 75.5 Å². The van der Waals surface area contributed by atoms with E-state index in [-0.39, 0.29) is 11.3 Å². The molecule has 0 amide bonds. The molecule has 1 N–H and O–H groups in total. The average Bonchev–Trinajstić information content (AvgIpc) is 2.93. The third kappa shape index (κ3) is 3.87. The van der Waals surface area contributed by atoms with Gasteiger partial charge in [0, 0.05) is 23.2 Å². The summed E-state index contributed by atoms with van der Waals surface area (Å²) in [4.78, 5) is 27.5. The van der Waals surface area contributed by atoms with E-state index in [2.05, 4.69) is 4.98 Å². The molecular weight excluding hydrogens is 382 g/mol. The quantitative estimate of drug-likeness (QED) is 0.532. The summed E-state index contributed by atoms with van der Waals surface area (Å²) >= 11 is 5.98. The van der Waals surface area contributed by atoms with E-state index in [1.165, 1.54) is 6.07 Å². The summed E-state index contributed by atoms with van der Waals surface area (Å²) in [6.45, 7) is 1.09. The standard InChI is InChI=1S/C21H16ClNO5/c22-14-4-1-3-13(11-14)17-7-6-16(20(24)23-17)21(25)28-15-5-8-18-19(12-15)27-10-2-9-26-18/h1,3-8,11-12H,2,9-10H2,(H,23,24). The first kappa shape index (κ1) is 18.1. The molecule has 6 nitrogen and oxygen atoms in total. The molecule has 3 aromatic rings. The van der Waals surface area contributed by atoms with Crippen LogP contribution in [0.25, 0.3) is 11.3 Å². The number of pyridine rings is 1. The van der Waals surface area contributed by atoms with Crippen LogP contribution in [0, 0.1) is 0 Å². The van der Waals surface area contributed by atoms with Crippen LogP contribution in [-0.2, 0) is 0 Å². The van der Waals surface area contributed by atoms with E-state index < -0.39 is 11.5 Å². The predicted molar refractivity (Wildman–Crippen MR) is 105 cm³/mol. The molecule has 1 aliphatic heterocycles. The average molecular weight is 398 g/mol. The molecule has 28 heavy (non-hydrogen) atoms. The van der Waals surface area contributed by atoms with Crippen LogP contribution in [-0.4, -0.2) is 24.2 Å². The number of ether oxygens (including phenoxy) is 3. The topological polar surface area (TPSA) is 77.6 Å². The largest absolute Gasteiger partial charge is 0.490 e. The monoisotopic (exact) mass is 397 g/mol. The lowest BCUT2D eigenvalue weighted by molar-refractivity contribution is 0.0732. The smallest absolute Gasteiger partial charge is 0.349 e. The fourth-order valence-corrected chi connectivity index (χ4v) is 3.02. The minimum Gasteiger partial charge on any atom is -0.490 e. The lowest BCUT2D eigenvalue weighted by atomic mass is 10.1. The Hall–Kier alpha value is -3.25. The number of aromatic amines is 1. The highest BCUT2D eigenvalue weighted by atomic mass is 35.5. The summed E-state index contributed by atoms with van der Waals surface area (Å²) < 4.78 is 16.5. The molecule has 1 aromatic heterocycles. The number of H-pyrrole nitrogens is 1. The molecule has 0 radical (unpaired) electrons. The first-order valence-corrected chi connectivity index (χ1v) is 9.09. The van der Waals surface area contributed by atoms with Crippen molar-refractivity contribution in [2.24, 2.45) is 0 Å². The first-order chi connectivity index (χ1) is 13.6. The molecule has 0 aliphatic carbocycles. The number of rotatable bonds is 3. The molecule has 7 heteroatoms. The lowest BCUT2D eigenvalue weighted by Gasteiger charge is -2.10. The van der Waals surface area contributed by atoms with Gasteiger partial charge < -0.3 is 19.2 Å². The van der Waals surface area contributed by atoms with Gasteiger partial charge in [-0.3, -0.25) is 4.79 Å². The number of hydrogen-bond donors (Lipinski definition) is 1. The van der Waals surface area contributed by atoms with Crippen LogP contribution < -0.4 is 19.8 Å². The number of aromatic nitrogens is 1. The van der Waals surface area contributed by atoms with E-state index in [0.29, 0.717) is 35.4 Å². The summed E-state index contributed by atoms with van der Waals surface area (Å²) in [7, 11) is 0. The number of benzene rings is 2. The molecule has 2 heterocycles. The minimum absolute atomic E-state index is 0.0992. The summed E-state index contributed by atoms with van der Waals surface area (Å²) in [5.41, 5.74) is 0.654. The SMILES string of the molecule is O=C(Oc1ccc2c(c1)OCCCO2)c1ccc(-c2cccc(Cl)c2)[nH]c1=O. The van der Waals surface area contributed by atoms with Crippen LogP contribution in [0.2, 0.25) is 5.02 Å². The predicted octanol–water partition coefficient (Wildman–Crippen LogP) is 4.08. The number of carbonyl (C=O) groups is 1. The van der Waals surface area contributed by atoms with Crippen molar-refractivity contribution in [2.45, 2.75) is 6.42 Å². The van der Waals surface area contributed by atoms with Gasteiger partial charge in [-0.15, -0.1) is 0 Å². The van der Waals surface area contributed by atoms with Crippen LogP contribution in [0.15, 0.2) is 59.4 Å². The number of nitrogens with one attached hydrogen (secondary N) is 1. The zero-order chi connectivity index (χ0) is 19.5. The second kappa shape index (κ2) is 7.78. The molecule has 0 unspecified atom stereocenters. The molecule has 0 saturated heterocycles. The molecule has 0 spiro atoms. The van der Waals surface area contributed by atoms with Crippen LogP contribution in [0.4, 0.5) is 0 Å². The molecule has 2 aromatic carbocycles. The Labute approximate surface area is 165 Å². The maximum atomic E-state index is 12.4. The third-order valence-corrected chi connectivity index (χ3v) is 4.43. The van der Waals surface area contributed by atoms with Crippen molar-refractivity contribution in [1.82, 2.24) is 4.98 Å². The Morgan fingerprint density at radius 3 is 2.61 bits per heavy atom.